The Bertz CT molecular complexity index is 1030. The summed E-state index contributed by atoms with van der Waals surface area (Å²) < 4.78 is 18.6. The van der Waals surface area contributed by atoms with Gasteiger partial charge in [0.2, 0.25) is 0 Å². The van der Waals surface area contributed by atoms with Crippen LogP contribution in [0.25, 0.3) is 11.1 Å². The van der Waals surface area contributed by atoms with Gasteiger partial charge in [-0.05, 0) is 42.8 Å². The van der Waals surface area contributed by atoms with E-state index in [-0.39, 0.29) is 27.8 Å². The zero-order valence-electron chi connectivity index (χ0n) is 14.6. The van der Waals surface area contributed by atoms with Crippen molar-refractivity contribution in [2.75, 3.05) is 11.9 Å². The molecular formula is C20H14Cl2FNO3S. The maximum absolute atomic E-state index is 13.5. The SMILES string of the molecule is CCOC(=O)c1c(-c2ccc(Cl)cc2)csc1NC(=O)c1cc(F)ccc1Cl. The number of rotatable bonds is 5. The van der Waals surface area contributed by atoms with Gasteiger partial charge in [-0.3, -0.25) is 4.79 Å². The van der Waals surface area contributed by atoms with Gasteiger partial charge >= 0.3 is 5.97 Å². The number of carbonyl (C=O) groups excluding carboxylic acids is 2. The van der Waals surface area contributed by atoms with Gasteiger partial charge in [-0.2, -0.15) is 0 Å². The summed E-state index contributed by atoms with van der Waals surface area (Å²) in [5.74, 6) is -1.79. The second-order valence-electron chi connectivity index (χ2n) is 5.66. The Morgan fingerprint density at radius 3 is 2.54 bits per heavy atom. The molecule has 0 fully saturated rings. The second kappa shape index (κ2) is 8.73. The number of thiophene rings is 1. The lowest BCUT2D eigenvalue weighted by Crippen LogP contribution is -2.15. The van der Waals surface area contributed by atoms with Crippen LogP contribution in [-0.4, -0.2) is 18.5 Å². The minimum absolute atomic E-state index is 0.0297. The molecule has 4 nitrogen and oxygen atoms in total. The molecule has 0 atom stereocenters. The average Bonchev–Trinajstić information content (AvgIpc) is 3.08. The van der Waals surface area contributed by atoms with Gasteiger partial charge in [0, 0.05) is 16.0 Å². The Kier molecular flexibility index (Phi) is 6.34. The summed E-state index contributed by atoms with van der Waals surface area (Å²) in [7, 11) is 0. The van der Waals surface area contributed by atoms with Crippen LogP contribution in [0, 0.1) is 5.82 Å². The summed E-state index contributed by atoms with van der Waals surface area (Å²) in [5.41, 5.74) is 1.53. The lowest BCUT2D eigenvalue weighted by Gasteiger charge is -2.10. The molecule has 0 unspecified atom stereocenters. The molecule has 1 aromatic heterocycles. The smallest absolute Gasteiger partial charge is 0.341 e. The Hall–Kier alpha value is -2.41. The van der Waals surface area contributed by atoms with Crippen LogP contribution in [0.15, 0.2) is 47.8 Å². The first kappa shape index (κ1) is 20.3. The van der Waals surface area contributed by atoms with Gasteiger partial charge in [-0.15, -0.1) is 11.3 Å². The summed E-state index contributed by atoms with van der Waals surface area (Å²) in [4.78, 5) is 25.1. The normalized spacial score (nSPS) is 10.6. The quantitative estimate of drug-likeness (QED) is 0.477. The molecule has 2 aromatic carbocycles. The number of ether oxygens (including phenoxy) is 1. The standard InChI is InChI=1S/C20H14Cl2FNO3S/c1-2-27-20(26)17-15(11-3-5-12(21)6-4-11)10-28-19(17)24-18(25)14-9-13(23)7-8-16(14)22/h3-10H,2H2,1H3,(H,24,25). The number of esters is 1. The summed E-state index contributed by atoms with van der Waals surface area (Å²) in [6.07, 6.45) is 0. The lowest BCUT2D eigenvalue weighted by molar-refractivity contribution is 0.0529. The van der Waals surface area contributed by atoms with Crippen molar-refractivity contribution in [3.8, 4) is 11.1 Å². The summed E-state index contributed by atoms with van der Waals surface area (Å²) in [6.45, 7) is 1.87. The van der Waals surface area contributed by atoms with Crippen LogP contribution in [0.2, 0.25) is 10.0 Å². The number of benzene rings is 2. The van der Waals surface area contributed by atoms with Gasteiger partial charge in [-0.1, -0.05) is 35.3 Å². The van der Waals surface area contributed by atoms with Crippen molar-refractivity contribution < 1.29 is 18.7 Å². The summed E-state index contributed by atoms with van der Waals surface area (Å²) in [5, 5.41) is 5.32. The Balaban J connectivity index is 2.01. The molecule has 0 spiro atoms. The molecule has 0 saturated heterocycles. The molecule has 1 amide bonds. The van der Waals surface area contributed by atoms with Crippen LogP contribution < -0.4 is 5.32 Å². The number of halogens is 3. The van der Waals surface area contributed by atoms with Crippen molar-refractivity contribution in [3.63, 3.8) is 0 Å². The van der Waals surface area contributed by atoms with E-state index in [1.807, 2.05) is 0 Å². The van der Waals surface area contributed by atoms with Crippen molar-refractivity contribution in [2.24, 2.45) is 0 Å². The first-order chi connectivity index (χ1) is 13.4. The number of anilines is 1. The molecule has 3 rings (SSSR count). The fourth-order valence-corrected chi connectivity index (χ4v) is 3.82. The van der Waals surface area contributed by atoms with Crippen molar-refractivity contribution in [1.82, 2.24) is 0 Å². The topological polar surface area (TPSA) is 55.4 Å². The molecule has 1 N–H and O–H groups in total. The van der Waals surface area contributed by atoms with Crippen LogP contribution in [0.1, 0.15) is 27.6 Å². The largest absolute Gasteiger partial charge is 0.462 e. The van der Waals surface area contributed by atoms with E-state index in [0.717, 1.165) is 29.0 Å². The first-order valence-corrected chi connectivity index (χ1v) is 9.85. The number of amides is 1. The van der Waals surface area contributed by atoms with Crippen molar-refractivity contribution in [1.29, 1.82) is 0 Å². The van der Waals surface area contributed by atoms with Crippen LogP contribution in [-0.2, 0) is 4.74 Å². The average molecular weight is 438 g/mol. The second-order valence-corrected chi connectivity index (χ2v) is 7.38. The van der Waals surface area contributed by atoms with E-state index in [2.05, 4.69) is 5.32 Å². The highest BCUT2D eigenvalue weighted by atomic mass is 35.5. The highest BCUT2D eigenvalue weighted by Gasteiger charge is 2.24. The number of hydrogen-bond donors (Lipinski definition) is 1. The molecule has 1 heterocycles. The molecule has 8 heteroatoms. The van der Waals surface area contributed by atoms with Crippen LogP contribution in [0.3, 0.4) is 0 Å². The van der Waals surface area contributed by atoms with E-state index in [1.54, 1.807) is 36.6 Å². The molecule has 0 aliphatic heterocycles. The first-order valence-electron chi connectivity index (χ1n) is 8.21. The zero-order valence-corrected chi connectivity index (χ0v) is 16.9. The van der Waals surface area contributed by atoms with E-state index in [0.29, 0.717) is 10.6 Å². The third-order valence-corrected chi connectivity index (χ3v) is 5.30. The van der Waals surface area contributed by atoms with Gasteiger partial charge in [0.1, 0.15) is 16.4 Å². The fourth-order valence-electron chi connectivity index (χ4n) is 2.54. The van der Waals surface area contributed by atoms with E-state index in [4.69, 9.17) is 27.9 Å². The molecule has 0 radical (unpaired) electrons. The molecule has 0 aliphatic rings. The molecule has 3 aromatic rings. The maximum atomic E-state index is 13.5. The van der Waals surface area contributed by atoms with Crippen LogP contribution in [0.5, 0.6) is 0 Å². The number of nitrogens with one attached hydrogen (secondary N) is 1. The van der Waals surface area contributed by atoms with Crippen LogP contribution >= 0.6 is 34.5 Å². The van der Waals surface area contributed by atoms with Crippen molar-refractivity contribution in [3.05, 3.63) is 74.8 Å². The van der Waals surface area contributed by atoms with Crippen LogP contribution in [0.4, 0.5) is 9.39 Å². The van der Waals surface area contributed by atoms with Gasteiger partial charge < -0.3 is 10.1 Å². The third-order valence-electron chi connectivity index (χ3n) is 3.83. The highest BCUT2D eigenvalue weighted by Crippen LogP contribution is 2.37. The Morgan fingerprint density at radius 1 is 1.14 bits per heavy atom. The molecule has 0 saturated carbocycles. The van der Waals surface area contributed by atoms with E-state index in [9.17, 15) is 14.0 Å². The minimum atomic E-state index is -0.625. The van der Waals surface area contributed by atoms with Gasteiger partial charge in [0.05, 0.1) is 17.2 Å². The Labute approximate surface area is 174 Å². The van der Waals surface area contributed by atoms with E-state index < -0.39 is 17.7 Å². The third kappa shape index (κ3) is 4.35. The van der Waals surface area contributed by atoms with Crippen molar-refractivity contribution >= 4 is 51.4 Å². The zero-order chi connectivity index (χ0) is 20.3. The van der Waals surface area contributed by atoms with Gasteiger partial charge in [0.25, 0.3) is 5.91 Å². The van der Waals surface area contributed by atoms with Gasteiger partial charge in [0.15, 0.2) is 0 Å². The lowest BCUT2D eigenvalue weighted by atomic mass is 10.0. The number of hydrogen-bond acceptors (Lipinski definition) is 4. The van der Waals surface area contributed by atoms with E-state index >= 15 is 0 Å². The van der Waals surface area contributed by atoms with E-state index in [1.165, 1.54) is 6.07 Å². The summed E-state index contributed by atoms with van der Waals surface area (Å²) in [6, 6.07) is 10.4. The predicted molar refractivity (Wildman–Crippen MR) is 110 cm³/mol. The van der Waals surface area contributed by atoms with Crippen molar-refractivity contribution in [2.45, 2.75) is 6.92 Å². The number of carbonyl (C=O) groups is 2. The highest BCUT2D eigenvalue weighted by molar-refractivity contribution is 7.15. The predicted octanol–water partition coefficient (Wildman–Crippen LogP) is 6.29. The monoisotopic (exact) mass is 437 g/mol. The molecule has 144 valence electrons. The molecular weight excluding hydrogens is 424 g/mol. The Morgan fingerprint density at radius 2 is 1.86 bits per heavy atom. The maximum Gasteiger partial charge on any atom is 0.341 e. The van der Waals surface area contributed by atoms with Gasteiger partial charge in [-0.25, -0.2) is 9.18 Å². The molecule has 28 heavy (non-hydrogen) atoms. The molecule has 0 aliphatic carbocycles. The molecule has 0 bridgehead atoms. The summed E-state index contributed by atoms with van der Waals surface area (Å²) >= 11 is 13.1. The fraction of sp³-hybridized carbons (Fsp3) is 0.100. The minimum Gasteiger partial charge on any atom is -0.462 e.